The largest absolute Gasteiger partial charge is 0.484 e. The van der Waals surface area contributed by atoms with Crippen molar-refractivity contribution >= 4 is 35.8 Å². The molecule has 3 N–H and O–H groups in total. The van der Waals surface area contributed by atoms with E-state index in [0.29, 0.717) is 12.3 Å². The van der Waals surface area contributed by atoms with Crippen molar-refractivity contribution < 1.29 is 9.53 Å². The number of hydrogen-bond acceptors (Lipinski definition) is 3. The van der Waals surface area contributed by atoms with Gasteiger partial charge in [0.15, 0.2) is 12.6 Å². The van der Waals surface area contributed by atoms with Gasteiger partial charge in [-0.3, -0.25) is 4.79 Å². The Labute approximate surface area is 167 Å². The summed E-state index contributed by atoms with van der Waals surface area (Å²) < 4.78 is 5.32. The molecule has 1 amide bonds. The van der Waals surface area contributed by atoms with E-state index < -0.39 is 5.91 Å². The molecule has 7 heteroatoms. The van der Waals surface area contributed by atoms with Crippen LogP contribution in [0.1, 0.15) is 25.3 Å². The number of amides is 1. The number of hydrogen-bond donors (Lipinski definition) is 2. The molecule has 0 bridgehead atoms. The molecule has 0 fully saturated rings. The Morgan fingerprint density at radius 1 is 1.48 bits per heavy atom. The number of allylic oxidation sites excluding steroid dienone is 1. The number of rotatable bonds is 10. The smallest absolute Gasteiger partial charge is 0.255 e. The summed E-state index contributed by atoms with van der Waals surface area (Å²) >= 11 is 0. The van der Waals surface area contributed by atoms with Crippen molar-refractivity contribution in [2.75, 3.05) is 26.7 Å². The molecule has 6 nitrogen and oxygen atoms in total. The Bertz CT molecular complexity index is 564. The van der Waals surface area contributed by atoms with Crippen LogP contribution >= 0.6 is 24.0 Å². The lowest BCUT2D eigenvalue weighted by molar-refractivity contribution is -0.119. The zero-order valence-electron chi connectivity index (χ0n) is 15.0. The summed E-state index contributed by atoms with van der Waals surface area (Å²) in [5.41, 5.74) is 6.09. The van der Waals surface area contributed by atoms with E-state index in [9.17, 15) is 4.79 Å². The second-order valence-electron chi connectivity index (χ2n) is 5.43. The monoisotopic (exact) mass is 460 g/mol. The number of nitrogens with zero attached hydrogens (tertiary/aromatic N) is 2. The molecule has 0 aliphatic rings. The summed E-state index contributed by atoms with van der Waals surface area (Å²) in [7, 11) is 2.02. The Kier molecular flexibility index (Phi) is 12.6. The Morgan fingerprint density at radius 2 is 2.24 bits per heavy atom. The predicted octanol–water partition coefficient (Wildman–Crippen LogP) is 2.53. The maximum atomic E-state index is 10.8. The van der Waals surface area contributed by atoms with Crippen molar-refractivity contribution in [2.45, 2.75) is 26.3 Å². The number of unbranched alkanes of at least 4 members (excludes halogenated alkanes) is 1. The van der Waals surface area contributed by atoms with Crippen LogP contribution in [0.25, 0.3) is 0 Å². The number of aliphatic imine (C=N–C) groups is 1. The van der Waals surface area contributed by atoms with Gasteiger partial charge in [-0.15, -0.1) is 30.6 Å². The third-order valence-corrected chi connectivity index (χ3v) is 3.29. The number of primary amides is 1. The summed E-state index contributed by atoms with van der Waals surface area (Å²) in [6.07, 6.45) is 3.96. The van der Waals surface area contributed by atoms with E-state index in [-0.39, 0.29) is 30.6 Å². The normalized spacial score (nSPS) is 10.6. The van der Waals surface area contributed by atoms with Crippen LogP contribution in [0.3, 0.4) is 0 Å². The van der Waals surface area contributed by atoms with Crippen molar-refractivity contribution in [3.8, 4) is 5.75 Å². The van der Waals surface area contributed by atoms with Gasteiger partial charge in [0, 0.05) is 20.1 Å². The van der Waals surface area contributed by atoms with Gasteiger partial charge in [-0.1, -0.05) is 18.2 Å². The molecule has 0 heterocycles. The lowest BCUT2D eigenvalue weighted by atomic mass is 10.2. The molecule has 0 aromatic heterocycles. The third-order valence-electron chi connectivity index (χ3n) is 3.29. The van der Waals surface area contributed by atoms with Gasteiger partial charge in [-0.25, -0.2) is 4.99 Å². The van der Waals surface area contributed by atoms with Gasteiger partial charge in [0.2, 0.25) is 0 Å². The summed E-state index contributed by atoms with van der Waals surface area (Å²) in [4.78, 5) is 17.6. The number of carbonyl (C=O) groups excluding carboxylic acids is 1. The topological polar surface area (TPSA) is 79.9 Å². The molecular weight excluding hydrogens is 431 g/mol. The first-order valence-electron chi connectivity index (χ1n) is 8.17. The molecule has 0 aliphatic carbocycles. The molecular formula is C18H29IN4O2. The maximum Gasteiger partial charge on any atom is 0.255 e. The lowest BCUT2D eigenvalue weighted by Crippen LogP contribution is -2.39. The van der Waals surface area contributed by atoms with Crippen LogP contribution in [-0.4, -0.2) is 43.5 Å². The number of guanidine groups is 1. The molecule has 0 saturated heterocycles. The minimum atomic E-state index is -0.492. The third kappa shape index (κ3) is 9.96. The average Bonchev–Trinajstić information content (AvgIpc) is 2.57. The van der Waals surface area contributed by atoms with Gasteiger partial charge in [0.25, 0.3) is 5.91 Å². The zero-order chi connectivity index (χ0) is 17.8. The van der Waals surface area contributed by atoms with Crippen LogP contribution in [0.2, 0.25) is 0 Å². The van der Waals surface area contributed by atoms with E-state index in [0.717, 1.165) is 37.5 Å². The number of nitrogens with two attached hydrogens (primary N) is 1. The molecule has 0 spiro atoms. The maximum absolute atomic E-state index is 10.8. The summed E-state index contributed by atoms with van der Waals surface area (Å²) in [6.45, 7) is 7.92. The highest BCUT2D eigenvalue weighted by molar-refractivity contribution is 14.0. The molecule has 0 radical (unpaired) electrons. The molecule has 140 valence electrons. The van der Waals surface area contributed by atoms with E-state index in [1.807, 2.05) is 38.2 Å². The average molecular weight is 460 g/mol. The fourth-order valence-electron chi connectivity index (χ4n) is 2.10. The number of carbonyl (C=O) groups is 1. The standard InChI is InChI=1S/C18H28N4O2.HI/c1-4-6-7-11-22(3)18(20-5-2)21-13-15-9-8-10-16(12-15)24-14-17(19)23;/h4,8-10,12H,1,5-7,11,13-14H2,2-3H3,(H2,19,23)(H,20,21);1H. The molecule has 1 aromatic carbocycles. The van der Waals surface area contributed by atoms with Crippen molar-refractivity contribution in [1.82, 2.24) is 10.2 Å². The van der Waals surface area contributed by atoms with Crippen LogP contribution in [0, 0.1) is 0 Å². The van der Waals surface area contributed by atoms with E-state index in [1.54, 1.807) is 6.07 Å². The van der Waals surface area contributed by atoms with E-state index >= 15 is 0 Å². The lowest BCUT2D eigenvalue weighted by Gasteiger charge is -2.21. The van der Waals surface area contributed by atoms with E-state index in [2.05, 4.69) is 21.8 Å². The van der Waals surface area contributed by atoms with Gasteiger partial charge >= 0.3 is 0 Å². The van der Waals surface area contributed by atoms with Crippen LogP contribution in [-0.2, 0) is 11.3 Å². The molecule has 25 heavy (non-hydrogen) atoms. The van der Waals surface area contributed by atoms with Crippen molar-refractivity contribution in [3.05, 3.63) is 42.5 Å². The molecule has 1 rings (SSSR count). The highest BCUT2D eigenvalue weighted by Gasteiger charge is 2.05. The molecule has 0 aliphatic heterocycles. The highest BCUT2D eigenvalue weighted by atomic mass is 127. The Hall–Kier alpha value is -1.77. The molecule has 0 atom stereocenters. The van der Waals surface area contributed by atoms with Crippen LogP contribution in [0.5, 0.6) is 5.75 Å². The van der Waals surface area contributed by atoms with Crippen LogP contribution in [0.4, 0.5) is 0 Å². The molecule has 0 saturated carbocycles. The summed E-state index contributed by atoms with van der Waals surface area (Å²) in [5, 5.41) is 3.29. The fourth-order valence-corrected chi connectivity index (χ4v) is 2.10. The van der Waals surface area contributed by atoms with Crippen LogP contribution < -0.4 is 15.8 Å². The van der Waals surface area contributed by atoms with Gasteiger partial charge in [-0.05, 0) is 37.5 Å². The van der Waals surface area contributed by atoms with Gasteiger partial charge < -0.3 is 20.7 Å². The van der Waals surface area contributed by atoms with Gasteiger partial charge in [0.1, 0.15) is 5.75 Å². The number of benzene rings is 1. The molecule has 0 unspecified atom stereocenters. The Morgan fingerprint density at radius 3 is 2.88 bits per heavy atom. The first kappa shape index (κ1) is 23.2. The second-order valence-corrected chi connectivity index (χ2v) is 5.43. The SMILES string of the molecule is C=CCCCN(C)C(=NCc1cccc(OCC(N)=O)c1)NCC.I. The van der Waals surface area contributed by atoms with Crippen molar-refractivity contribution in [3.63, 3.8) is 0 Å². The first-order valence-corrected chi connectivity index (χ1v) is 8.17. The van der Waals surface area contributed by atoms with Gasteiger partial charge in [-0.2, -0.15) is 0 Å². The highest BCUT2D eigenvalue weighted by Crippen LogP contribution is 2.14. The summed E-state index contributed by atoms with van der Waals surface area (Å²) in [6, 6.07) is 7.51. The first-order chi connectivity index (χ1) is 11.6. The minimum Gasteiger partial charge on any atom is -0.484 e. The summed E-state index contributed by atoms with van der Waals surface area (Å²) in [5.74, 6) is 0.991. The number of ether oxygens (including phenoxy) is 1. The van der Waals surface area contributed by atoms with E-state index in [1.165, 1.54) is 0 Å². The number of halogens is 1. The van der Waals surface area contributed by atoms with E-state index in [4.69, 9.17) is 10.5 Å². The van der Waals surface area contributed by atoms with Crippen molar-refractivity contribution in [2.24, 2.45) is 10.7 Å². The van der Waals surface area contributed by atoms with Crippen LogP contribution in [0.15, 0.2) is 41.9 Å². The second kappa shape index (κ2) is 13.5. The van der Waals surface area contributed by atoms with Crippen molar-refractivity contribution in [1.29, 1.82) is 0 Å². The fraction of sp³-hybridized carbons (Fsp3) is 0.444. The molecule has 1 aromatic rings. The quantitative estimate of drug-likeness (QED) is 0.185. The number of nitrogens with one attached hydrogen (secondary N) is 1. The van der Waals surface area contributed by atoms with Gasteiger partial charge in [0.05, 0.1) is 6.54 Å². The minimum absolute atomic E-state index is 0. The zero-order valence-corrected chi connectivity index (χ0v) is 17.4. The predicted molar refractivity (Wildman–Crippen MR) is 113 cm³/mol. The Balaban J connectivity index is 0.00000576.